The van der Waals surface area contributed by atoms with E-state index in [9.17, 15) is 14.7 Å². The van der Waals surface area contributed by atoms with Crippen molar-refractivity contribution in [1.82, 2.24) is 9.55 Å². The number of fused-ring (bicyclic) bond motifs is 1. The fraction of sp³-hybridized carbons (Fsp3) is 0.607. The minimum absolute atomic E-state index is 0.0855. The number of ether oxygens (including phenoxy) is 1. The summed E-state index contributed by atoms with van der Waals surface area (Å²) in [6.07, 6.45) is -2.05. The highest BCUT2D eigenvalue weighted by Gasteiger charge is 2.61. The van der Waals surface area contributed by atoms with Crippen molar-refractivity contribution < 1.29 is 27.6 Å². The molecule has 1 unspecified atom stereocenters. The molecule has 0 spiro atoms. The maximum absolute atomic E-state index is 13.1. The zero-order chi connectivity index (χ0) is 29.4. The molecule has 2 aliphatic heterocycles. The molecule has 0 saturated carbocycles. The fourth-order valence-corrected chi connectivity index (χ4v) is 17.0. The molecule has 2 aliphatic rings. The van der Waals surface area contributed by atoms with Gasteiger partial charge in [0.05, 0.1) is 6.61 Å². The summed E-state index contributed by atoms with van der Waals surface area (Å²) in [5, 5.41) is 14.1. The monoisotopic (exact) mass is 589 g/mol. The first-order valence-corrected chi connectivity index (χ1v) is 18.1. The van der Waals surface area contributed by atoms with Crippen molar-refractivity contribution in [2.45, 2.75) is 102 Å². The highest BCUT2D eigenvalue weighted by molar-refractivity contribution is 6.84. The quantitative estimate of drug-likeness (QED) is 0.446. The number of hydrogen-bond donors (Lipinski definition) is 2. The molecule has 4 rings (SSSR count). The van der Waals surface area contributed by atoms with Crippen LogP contribution in [0.25, 0.3) is 0 Å². The number of nitrogens with zero attached hydrogens (tertiary/aromatic N) is 2. The van der Waals surface area contributed by atoms with Crippen LogP contribution in [0, 0.1) is 0 Å². The third-order valence-electron chi connectivity index (χ3n) is 8.02. The summed E-state index contributed by atoms with van der Waals surface area (Å²) in [6, 6.07) is 10.2. The number of hydrogen-bond acceptors (Lipinski definition) is 8. The number of aromatic nitrogens is 2. The number of anilines is 1. The molecule has 220 valence electrons. The van der Waals surface area contributed by atoms with Gasteiger partial charge in [0, 0.05) is 11.8 Å². The van der Waals surface area contributed by atoms with Gasteiger partial charge in [-0.05, 0) is 40.4 Å². The van der Waals surface area contributed by atoms with Crippen molar-refractivity contribution >= 4 is 28.8 Å². The van der Waals surface area contributed by atoms with Gasteiger partial charge in [-0.25, -0.2) is 4.79 Å². The summed E-state index contributed by atoms with van der Waals surface area (Å²) in [5.41, 5.74) is 0.300. The van der Waals surface area contributed by atoms with E-state index in [0.717, 1.165) is 0 Å². The number of aliphatic hydroxyl groups is 1. The van der Waals surface area contributed by atoms with E-state index in [-0.39, 0.29) is 40.5 Å². The second kappa shape index (κ2) is 12.0. The minimum atomic E-state index is -2.97. The predicted molar refractivity (Wildman–Crippen MR) is 157 cm³/mol. The normalized spacial score (nSPS) is 26.1. The lowest BCUT2D eigenvalue weighted by molar-refractivity contribution is -0.0600. The fourth-order valence-electron chi connectivity index (χ4n) is 5.82. The molecule has 0 bridgehead atoms. The Morgan fingerprint density at radius 2 is 1.57 bits per heavy atom. The minimum Gasteiger partial charge on any atom is -0.414 e. The molecule has 1 aromatic heterocycles. The molecule has 4 atom stereocenters. The molecule has 0 aliphatic carbocycles. The van der Waals surface area contributed by atoms with Gasteiger partial charge < -0.3 is 28.1 Å². The molecule has 40 heavy (non-hydrogen) atoms. The second-order valence-corrected chi connectivity index (χ2v) is 20.8. The summed E-state index contributed by atoms with van der Waals surface area (Å²) in [4.78, 5) is 29.6. The first-order chi connectivity index (χ1) is 18.8. The standard InChI is InChI=1S/C28H43N3O7Si2/c1-17(2)39(18(3)4)35-16-22-25(37-40(38-39,19(5)6)20(7)8)24(32)27(36-22)31-15-14-23(30-28(31)34)29-26(33)21-12-10-9-11-13-21/h9-15,17-20,22,24-25,27,32H,16H2,1-8H3,(H,29,30,33,34)/t22-,24?,25-,27+/m0/s1. The van der Waals surface area contributed by atoms with E-state index in [1.807, 2.05) is 6.07 Å². The maximum Gasteiger partial charge on any atom is 0.351 e. The SMILES string of the molecule is CC(C)[Si]1(C(C)C)OC[C@@H]2O[C@@H](n3ccc(NC(=O)c4ccccc4)nc3=O)C(O)[C@H]2O[Si](C(C)C)(C(C)C)O1. The number of aliphatic hydroxyl groups excluding tert-OH is 1. The summed E-state index contributed by atoms with van der Waals surface area (Å²) < 4.78 is 28.3. The Labute approximate surface area is 238 Å². The lowest BCUT2D eigenvalue weighted by Gasteiger charge is -2.51. The van der Waals surface area contributed by atoms with Crippen LogP contribution in [0.5, 0.6) is 0 Å². The first-order valence-electron chi connectivity index (χ1n) is 14.1. The molecule has 2 aromatic rings. The van der Waals surface area contributed by atoms with Crippen LogP contribution in [0.4, 0.5) is 5.82 Å². The smallest absolute Gasteiger partial charge is 0.351 e. The number of nitrogens with one attached hydrogen (secondary N) is 1. The summed E-state index contributed by atoms with van der Waals surface area (Å²) in [7, 11) is -5.74. The zero-order valence-corrected chi connectivity index (χ0v) is 26.7. The van der Waals surface area contributed by atoms with E-state index in [1.165, 1.54) is 16.8 Å². The van der Waals surface area contributed by atoms with Gasteiger partial charge in [0.25, 0.3) is 5.91 Å². The largest absolute Gasteiger partial charge is 0.414 e. The number of carbonyl (C=O) groups excluding carboxylic acids is 1. The van der Waals surface area contributed by atoms with E-state index in [2.05, 4.69) is 65.7 Å². The van der Waals surface area contributed by atoms with Gasteiger partial charge in [-0.2, -0.15) is 4.98 Å². The first kappa shape index (κ1) is 30.8. The van der Waals surface area contributed by atoms with Crippen molar-refractivity contribution in [2.24, 2.45) is 0 Å². The Balaban J connectivity index is 1.64. The van der Waals surface area contributed by atoms with Crippen LogP contribution in [-0.2, 0) is 17.7 Å². The van der Waals surface area contributed by atoms with Crippen molar-refractivity contribution in [2.75, 3.05) is 11.9 Å². The third-order valence-corrected chi connectivity index (χ3v) is 18.3. The highest BCUT2D eigenvalue weighted by Crippen LogP contribution is 2.48. The molecule has 2 fully saturated rings. The lowest BCUT2D eigenvalue weighted by atomic mass is 10.1. The lowest BCUT2D eigenvalue weighted by Crippen LogP contribution is -2.65. The van der Waals surface area contributed by atoms with Crippen LogP contribution in [0.1, 0.15) is 72.0 Å². The van der Waals surface area contributed by atoms with E-state index >= 15 is 0 Å². The van der Waals surface area contributed by atoms with Crippen LogP contribution >= 0.6 is 0 Å². The van der Waals surface area contributed by atoms with Crippen molar-refractivity contribution in [3.8, 4) is 0 Å². The van der Waals surface area contributed by atoms with Crippen LogP contribution < -0.4 is 11.0 Å². The van der Waals surface area contributed by atoms with Crippen molar-refractivity contribution in [1.29, 1.82) is 0 Å². The van der Waals surface area contributed by atoms with Crippen LogP contribution in [-0.4, -0.2) is 62.6 Å². The Kier molecular flexibility index (Phi) is 9.20. The molecule has 10 nitrogen and oxygen atoms in total. The van der Waals surface area contributed by atoms with Crippen LogP contribution in [0.2, 0.25) is 22.2 Å². The molecular formula is C28H43N3O7Si2. The predicted octanol–water partition coefficient (Wildman–Crippen LogP) is 4.71. The summed E-state index contributed by atoms with van der Waals surface area (Å²) in [6.45, 7) is 17.2. The van der Waals surface area contributed by atoms with Gasteiger partial charge in [0.1, 0.15) is 24.1 Å². The van der Waals surface area contributed by atoms with E-state index in [0.29, 0.717) is 5.56 Å². The molecule has 3 heterocycles. The average Bonchev–Trinajstić information content (AvgIpc) is 3.18. The Morgan fingerprint density at radius 1 is 0.975 bits per heavy atom. The molecular weight excluding hydrogens is 546 g/mol. The Morgan fingerprint density at radius 3 is 2.12 bits per heavy atom. The Hall–Kier alpha value is -2.20. The third kappa shape index (κ3) is 5.63. The van der Waals surface area contributed by atoms with E-state index < -0.39 is 47.4 Å². The van der Waals surface area contributed by atoms with Gasteiger partial charge in [0.2, 0.25) is 0 Å². The Bertz CT molecular complexity index is 1220. The van der Waals surface area contributed by atoms with E-state index in [1.54, 1.807) is 24.3 Å². The van der Waals surface area contributed by atoms with Gasteiger partial charge in [0.15, 0.2) is 6.23 Å². The highest BCUT2D eigenvalue weighted by atomic mass is 28.5. The van der Waals surface area contributed by atoms with Gasteiger partial charge in [-0.1, -0.05) is 73.6 Å². The topological polar surface area (TPSA) is 121 Å². The van der Waals surface area contributed by atoms with Gasteiger partial charge in [-0.15, -0.1) is 0 Å². The van der Waals surface area contributed by atoms with Gasteiger partial charge >= 0.3 is 22.8 Å². The van der Waals surface area contributed by atoms with Crippen LogP contribution in [0.3, 0.4) is 0 Å². The number of carbonyl (C=O) groups is 1. The molecule has 12 heteroatoms. The van der Waals surface area contributed by atoms with Crippen LogP contribution in [0.15, 0.2) is 47.4 Å². The van der Waals surface area contributed by atoms with Crippen molar-refractivity contribution in [3.63, 3.8) is 0 Å². The van der Waals surface area contributed by atoms with E-state index in [4.69, 9.17) is 17.7 Å². The van der Waals surface area contributed by atoms with Gasteiger partial charge in [-0.3, -0.25) is 9.36 Å². The summed E-state index contributed by atoms with van der Waals surface area (Å²) >= 11 is 0. The molecule has 0 radical (unpaired) electrons. The zero-order valence-electron chi connectivity index (χ0n) is 24.7. The second-order valence-electron chi connectivity index (χ2n) is 11.9. The summed E-state index contributed by atoms with van der Waals surface area (Å²) in [5.74, 6) is -0.268. The number of benzene rings is 1. The average molecular weight is 590 g/mol. The number of amides is 1. The molecule has 1 amide bonds. The molecule has 2 N–H and O–H groups in total. The maximum atomic E-state index is 13.1. The molecule has 2 saturated heterocycles. The molecule has 1 aromatic carbocycles. The number of rotatable bonds is 7. The van der Waals surface area contributed by atoms with Crippen molar-refractivity contribution in [3.05, 3.63) is 58.6 Å².